The molecule has 0 aromatic carbocycles. The van der Waals surface area contributed by atoms with Gasteiger partial charge in [-0.1, -0.05) is 26.2 Å². The van der Waals surface area contributed by atoms with E-state index in [-0.39, 0.29) is 18.1 Å². The molecule has 0 heterocycles. The van der Waals surface area contributed by atoms with Crippen molar-refractivity contribution in [3.05, 3.63) is 0 Å². The highest BCUT2D eigenvalue weighted by Gasteiger charge is 2.52. The standard InChI is InChI=1S/C17H32N2O5Si/c1-5-9-10-11-16(19-15-21)17(12-13-18-14-20)25(22-6-2,23-7-3)24-8-4/h16-17H,5-13H2,1-4H3. The van der Waals surface area contributed by atoms with E-state index in [2.05, 4.69) is 16.9 Å². The lowest BCUT2D eigenvalue weighted by molar-refractivity contribution is 0.0565. The summed E-state index contributed by atoms with van der Waals surface area (Å²) >= 11 is 0. The fourth-order valence-corrected chi connectivity index (χ4v) is 6.23. The largest absolute Gasteiger partial charge is 0.506 e. The maximum atomic E-state index is 11.0. The van der Waals surface area contributed by atoms with E-state index in [0.29, 0.717) is 26.2 Å². The summed E-state index contributed by atoms with van der Waals surface area (Å²) in [4.78, 5) is 29.1. The molecule has 7 nitrogen and oxygen atoms in total. The molecule has 0 aliphatic rings. The molecular weight excluding hydrogens is 340 g/mol. The molecule has 0 amide bonds. The topological polar surface area (TPSA) is 86.6 Å². The van der Waals surface area contributed by atoms with E-state index in [4.69, 9.17) is 13.3 Å². The molecule has 0 bridgehead atoms. The quantitative estimate of drug-likeness (QED) is 0.179. The third-order valence-corrected chi connectivity index (χ3v) is 7.55. The van der Waals surface area contributed by atoms with Crippen molar-refractivity contribution >= 4 is 21.0 Å². The van der Waals surface area contributed by atoms with Crippen LogP contribution in [0.3, 0.4) is 0 Å². The number of hydrogen-bond acceptors (Lipinski definition) is 7. The van der Waals surface area contributed by atoms with Gasteiger partial charge in [-0.25, -0.2) is 19.6 Å². The number of unbranched alkanes of at least 4 members (excludes halogenated alkanes) is 2. The van der Waals surface area contributed by atoms with Gasteiger partial charge < -0.3 is 13.3 Å². The van der Waals surface area contributed by atoms with Crippen LogP contribution >= 0.6 is 0 Å². The Hall–Kier alpha value is -1.14. The first-order valence-electron chi connectivity index (χ1n) is 9.18. The van der Waals surface area contributed by atoms with Crippen LogP contribution in [-0.2, 0) is 22.9 Å². The molecule has 0 aromatic heterocycles. The second-order valence-corrected chi connectivity index (χ2v) is 8.37. The first kappa shape index (κ1) is 23.9. The molecule has 8 heteroatoms. The number of nitrogens with zero attached hydrogens (tertiary/aromatic N) is 2. The van der Waals surface area contributed by atoms with E-state index in [0.717, 1.165) is 25.7 Å². The Morgan fingerprint density at radius 3 is 1.92 bits per heavy atom. The van der Waals surface area contributed by atoms with Gasteiger partial charge in [0.05, 0.1) is 18.1 Å². The monoisotopic (exact) mass is 372 g/mol. The second kappa shape index (κ2) is 15.1. The summed E-state index contributed by atoms with van der Waals surface area (Å²) in [6.07, 6.45) is 7.52. The molecule has 0 saturated heterocycles. The zero-order valence-corrected chi connectivity index (χ0v) is 17.0. The highest BCUT2D eigenvalue weighted by molar-refractivity contribution is 6.62. The predicted octanol–water partition coefficient (Wildman–Crippen LogP) is 3.42. The van der Waals surface area contributed by atoms with E-state index >= 15 is 0 Å². The van der Waals surface area contributed by atoms with Crippen LogP contribution in [0.2, 0.25) is 5.54 Å². The summed E-state index contributed by atoms with van der Waals surface area (Å²) in [5, 5.41) is 0. The van der Waals surface area contributed by atoms with Crippen LogP contribution in [0.1, 0.15) is 59.8 Å². The fourth-order valence-electron chi connectivity index (χ4n) is 2.93. The molecular formula is C17H32N2O5Si. The molecule has 144 valence electrons. The van der Waals surface area contributed by atoms with E-state index in [9.17, 15) is 9.59 Å². The van der Waals surface area contributed by atoms with Gasteiger partial charge in [0, 0.05) is 19.8 Å². The molecule has 0 aromatic rings. The first-order chi connectivity index (χ1) is 12.2. The normalized spacial score (nSPS) is 13.6. The molecule has 0 aliphatic heterocycles. The zero-order chi connectivity index (χ0) is 19.0. The number of carbonyl (C=O) groups excluding carboxylic acids is 2. The van der Waals surface area contributed by atoms with Crippen molar-refractivity contribution in [2.45, 2.75) is 71.4 Å². The van der Waals surface area contributed by atoms with Crippen LogP contribution in [0.25, 0.3) is 0 Å². The summed E-state index contributed by atoms with van der Waals surface area (Å²) < 4.78 is 18.0. The van der Waals surface area contributed by atoms with Gasteiger partial charge in [-0.2, -0.15) is 0 Å². The van der Waals surface area contributed by atoms with Crippen LogP contribution in [0.4, 0.5) is 0 Å². The van der Waals surface area contributed by atoms with Crippen molar-refractivity contribution in [1.29, 1.82) is 0 Å². The molecule has 2 unspecified atom stereocenters. The lowest BCUT2D eigenvalue weighted by Gasteiger charge is -2.37. The van der Waals surface area contributed by atoms with Gasteiger partial charge in [0.1, 0.15) is 0 Å². The molecule has 0 aliphatic carbocycles. The third-order valence-electron chi connectivity index (χ3n) is 3.89. The Kier molecular flexibility index (Phi) is 14.4. The Labute approximate surface area is 152 Å². The van der Waals surface area contributed by atoms with Gasteiger partial charge in [-0.05, 0) is 33.6 Å². The summed E-state index contributed by atoms with van der Waals surface area (Å²) in [7, 11) is -3.10. The van der Waals surface area contributed by atoms with Crippen LogP contribution < -0.4 is 0 Å². The Balaban J connectivity index is 5.71. The number of hydrogen-bond donors (Lipinski definition) is 0. The van der Waals surface area contributed by atoms with Gasteiger partial charge >= 0.3 is 8.80 Å². The molecule has 0 rings (SSSR count). The minimum Gasteiger partial charge on any atom is -0.374 e. The molecule has 25 heavy (non-hydrogen) atoms. The zero-order valence-electron chi connectivity index (χ0n) is 16.0. The van der Waals surface area contributed by atoms with Crippen molar-refractivity contribution in [3.63, 3.8) is 0 Å². The van der Waals surface area contributed by atoms with Crippen LogP contribution in [-0.4, -0.2) is 53.4 Å². The van der Waals surface area contributed by atoms with Crippen LogP contribution in [0, 0.1) is 0 Å². The van der Waals surface area contributed by atoms with Crippen molar-refractivity contribution in [2.75, 3.05) is 26.4 Å². The van der Waals surface area contributed by atoms with Gasteiger partial charge in [-0.15, -0.1) is 0 Å². The summed E-state index contributed by atoms with van der Waals surface area (Å²) in [6.45, 7) is 9.35. The SMILES string of the molecule is CCCCCC(N=C=O)C(CCN=C=O)[Si](OCC)(OCC)OCC. The van der Waals surface area contributed by atoms with Gasteiger partial charge in [-0.3, -0.25) is 0 Å². The highest BCUT2D eigenvalue weighted by Crippen LogP contribution is 2.36. The smallest absolute Gasteiger partial charge is 0.374 e. The summed E-state index contributed by atoms with van der Waals surface area (Å²) in [5.41, 5.74) is -0.247. The van der Waals surface area contributed by atoms with Crippen molar-refractivity contribution < 1.29 is 22.9 Å². The summed E-state index contributed by atoms with van der Waals surface area (Å²) in [5.74, 6) is 0. The van der Waals surface area contributed by atoms with Crippen molar-refractivity contribution in [1.82, 2.24) is 0 Å². The maximum Gasteiger partial charge on any atom is 0.506 e. The van der Waals surface area contributed by atoms with Crippen LogP contribution in [0.5, 0.6) is 0 Å². The Bertz CT molecular complexity index is 420. The average molecular weight is 373 g/mol. The van der Waals surface area contributed by atoms with Gasteiger partial charge in [0.15, 0.2) is 0 Å². The van der Waals surface area contributed by atoms with E-state index in [1.165, 1.54) is 0 Å². The Morgan fingerprint density at radius 2 is 1.48 bits per heavy atom. The first-order valence-corrected chi connectivity index (χ1v) is 11.0. The molecule has 0 N–H and O–H groups in total. The average Bonchev–Trinajstić information content (AvgIpc) is 2.59. The number of isocyanates is 2. The van der Waals surface area contributed by atoms with Crippen LogP contribution in [0.15, 0.2) is 9.98 Å². The molecule has 0 saturated carbocycles. The molecule has 2 atom stereocenters. The third kappa shape index (κ3) is 8.67. The maximum absolute atomic E-state index is 11.0. The van der Waals surface area contributed by atoms with Gasteiger partial charge in [0.25, 0.3) is 0 Å². The molecule has 0 spiro atoms. The molecule has 0 fully saturated rings. The van der Waals surface area contributed by atoms with Gasteiger partial charge in [0.2, 0.25) is 12.2 Å². The highest BCUT2D eigenvalue weighted by atomic mass is 28.4. The minimum absolute atomic E-state index is 0.247. The minimum atomic E-state index is -3.10. The van der Waals surface area contributed by atoms with E-state index < -0.39 is 8.80 Å². The molecule has 0 radical (unpaired) electrons. The predicted molar refractivity (Wildman–Crippen MR) is 98.0 cm³/mol. The van der Waals surface area contributed by atoms with E-state index in [1.54, 1.807) is 12.2 Å². The fraction of sp³-hybridized carbons (Fsp3) is 0.882. The summed E-state index contributed by atoms with van der Waals surface area (Å²) in [6, 6.07) is -0.317. The second-order valence-electron chi connectivity index (χ2n) is 5.55. The Morgan fingerprint density at radius 1 is 0.880 bits per heavy atom. The number of rotatable bonds is 16. The number of aliphatic imine (C=N–C) groups is 2. The lowest BCUT2D eigenvalue weighted by atomic mass is 10.0. The van der Waals surface area contributed by atoms with Crippen molar-refractivity contribution in [3.8, 4) is 0 Å². The van der Waals surface area contributed by atoms with Crippen molar-refractivity contribution in [2.24, 2.45) is 9.98 Å². The lowest BCUT2D eigenvalue weighted by Crippen LogP contribution is -2.53. The van der Waals surface area contributed by atoms with E-state index in [1.807, 2.05) is 20.8 Å².